The molecule has 2 rings (SSSR count). The summed E-state index contributed by atoms with van der Waals surface area (Å²) >= 11 is 5.69. The summed E-state index contributed by atoms with van der Waals surface area (Å²) in [7, 11) is 1.68. The van der Waals surface area contributed by atoms with Crippen molar-refractivity contribution in [3.05, 3.63) is 34.7 Å². The number of esters is 1. The molecule has 3 nitrogen and oxygen atoms in total. The van der Waals surface area contributed by atoms with Crippen LogP contribution in [0.4, 0.5) is 4.39 Å². The van der Waals surface area contributed by atoms with Crippen LogP contribution in [-0.4, -0.2) is 17.1 Å². The van der Waals surface area contributed by atoms with Gasteiger partial charge in [0.15, 0.2) is 5.82 Å². The molecule has 0 aliphatic rings. The molecule has 17 heavy (non-hydrogen) atoms. The largest absolute Gasteiger partial charge is 0.461 e. The third-order valence-corrected chi connectivity index (χ3v) is 2.89. The summed E-state index contributed by atoms with van der Waals surface area (Å²) in [5.41, 5.74) is 0.915. The SMILES string of the molecule is CCOC(=O)c1cc2c(F)c(Cl)ccc2n1C. The lowest BCUT2D eigenvalue weighted by Gasteiger charge is -2.03. The van der Waals surface area contributed by atoms with E-state index >= 15 is 0 Å². The number of aryl methyl sites for hydroxylation is 1. The van der Waals surface area contributed by atoms with E-state index in [1.165, 1.54) is 12.1 Å². The summed E-state index contributed by atoms with van der Waals surface area (Å²) in [4.78, 5) is 11.6. The Balaban J connectivity index is 2.64. The predicted octanol–water partition coefficient (Wildman–Crippen LogP) is 3.15. The lowest BCUT2D eigenvalue weighted by atomic mass is 10.2. The molecule has 0 N–H and O–H groups in total. The van der Waals surface area contributed by atoms with Crippen LogP contribution < -0.4 is 0 Å². The molecular formula is C12H11ClFNO2. The fourth-order valence-electron chi connectivity index (χ4n) is 1.75. The number of hydrogen-bond donors (Lipinski definition) is 0. The summed E-state index contributed by atoms with van der Waals surface area (Å²) < 4.78 is 20.2. The fourth-order valence-corrected chi connectivity index (χ4v) is 1.91. The predicted molar refractivity (Wildman–Crippen MR) is 63.8 cm³/mol. The Bertz CT molecular complexity index is 592. The highest BCUT2D eigenvalue weighted by molar-refractivity contribution is 6.31. The van der Waals surface area contributed by atoms with E-state index in [0.717, 1.165) is 0 Å². The van der Waals surface area contributed by atoms with Crippen LogP contribution in [0.1, 0.15) is 17.4 Å². The highest BCUT2D eigenvalue weighted by atomic mass is 35.5. The zero-order valence-corrected chi connectivity index (χ0v) is 10.2. The van der Waals surface area contributed by atoms with E-state index in [4.69, 9.17) is 16.3 Å². The third-order valence-electron chi connectivity index (χ3n) is 2.60. The maximum atomic E-state index is 13.7. The lowest BCUT2D eigenvalue weighted by molar-refractivity contribution is 0.0516. The smallest absolute Gasteiger partial charge is 0.354 e. The van der Waals surface area contributed by atoms with Gasteiger partial charge in [0.05, 0.1) is 17.1 Å². The summed E-state index contributed by atoms with van der Waals surface area (Å²) in [6, 6.07) is 4.59. The minimum atomic E-state index is -0.518. The Kier molecular flexibility index (Phi) is 3.07. The molecule has 0 radical (unpaired) electrons. The van der Waals surface area contributed by atoms with Gasteiger partial charge in [-0.05, 0) is 25.1 Å². The van der Waals surface area contributed by atoms with Crippen molar-refractivity contribution in [3.8, 4) is 0 Å². The monoisotopic (exact) mass is 255 g/mol. The molecule has 5 heteroatoms. The van der Waals surface area contributed by atoms with Crippen molar-refractivity contribution in [2.24, 2.45) is 7.05 Å². The van der Waals surface area contributed by atoms with Crippen LogP contribution in [0.15, 0.2) is 18.2 Å². The van der Waals surface area contributed by atoms with E-state index in [9.17, 15) is 9.18 Å². The van der Waals surface area contributed by atoms with E-state index in [-0.39, 0.29) is 11.6 Å². The minimum Gasteiger partial charge on any atom is -0.461 e. The van der Waals surface area contributed by atoms with Crippen LogP contribution in [0.5, 0.6) is 0 Å². The van der Waals surface area contributed by atoms with Crippen LogP contribution in [0.2, 0.25) is 5.02 Å². The second kappa shape index (κ2) is 4.37. The van der Waals surface area contributed by atoms with Gasteiger partial charge in [-0.25, -0.2) is 9.18 Å². The normalized spacial score (nSPS) is 10.8. The Labute approximate surface area is 103 Å². The Morgan fingerprint density at radius 2 is 2.24 bits per heavy atom. The van der Waals surface area contributed by atoms with Crippen LogP contribution >= 0.6 is 11.6 Å². The van der Waals surface area contributed by atoms with Gasteiger partial charge < -0.3 is 9.30 Å². The molecular weight excluding hydrogens is 245 g/mol. The maximum Gasteiger partial charge on any atom is 0.354 e. The van der Waals surface area contributed by atoms with Gasteiger partial charge in [0.1, 0.15) is 5.69 Å². The zero-order valence-electron chi connectivity index (χ0n) is 9.46. The first-order valence-corrected chi connectivity index (χ1v) is 5.54. The Hall–Kier alpha value is -1.55. The summed E-state index contributed by atoms with van der Waals surface area (Å²) in [6.07, 6.45) is 0. The standard InChI is InChI=1S/C12H11ClFNO2/c1-3-17-12(16)10-6-7-9(15(10)2)5-4-8(13)11(7)14/h4-6H,3H2,1-2H3. The van der Waals surface area contributed by atoms with Crippen molar-refractivity contribution >= 4 is 28.5 Å². The molecule has 0 atom stereocenters. The number of hydrogen-bond acceptors (Lipinski definition) is 2. The average Bonchev–Trinajstić information content (AvgIpc) is 2.63. The summed E-state index contributed by atoms with van der Waals surface area (Å²) in [5.74, 6) is -0.989. The second-order valence-corrected chi connectivity index (χ2v) is 4.01. The number of benzene rings is 1. The molecule has 90 valence electrons. The summed E-state index contributed by atoms with van der Waals surface area (Å²) in [6.45, 7) is 2.00. The van der Waals surface area contributed by atoms with Gasteiger partial charge in [-0.1, -0.05) is 11.6 Å². The van der Waals surface area contributed by atoms with Gasteiger partial charge in [0.25, 0.3) is 0 Å². The van der Waals surface area contributed by atoms with Crippen LogP contribution in [0.25, 0.3) is 10.9 Å². The van der Waals surface area contributed by atoms with Crippen molar-refractivity contribution in [2.75, 3.05) is 6.61 Å². The first-order valence-electron chi connectivity index (χ1n) is 5.16. The highest BCUT2D eigenvalue weighted by Gasteiger charge is 2.17. The molecule has 0 spiro atoms. The molecule has 0 aliphatic heterocycles. The van der Waals surface area contributed by atoms with Crippen LogP contribution in [0, 0.1) is 5.82 Å². The quantitative estimate of drug-likeness (QED) is 0.772. The van der Waals surface area contributed by atoms with Crippen molar-refractivity contribution in [1.82, 2.24) is 4.57 Å². The number of halogens is 2. The molecule has 1 aromatic carbocycles. The highest BCUT2D eigenvalue weighted by Crippen LogP contribution is 2.27. The van der Waals surface area contributed by atoms with Crippen molar-refractivity contribution in [3.63, 3.8) is 0 Å². The van der Waals surface area contributed by atoms with Gasteiger partial charge in [0, 0.05) is 12.4 Å². The van der Waals surface area contributed by atoms with E-state index in [2.05, 4.69) is 0 Å². The van der Waals surface area contributed by atoms with Crippen LogP contribution in [-0.2, 0) is 11.8 Å². The second-order valence-electron chi connectivity index (χ2n) is 3.60. The number of carbonyl (C=O) groups excluding carboxylic acids is 1. The molecule has 0 bridgehead atoms. The van der Waals surface area contributed by atoms with Gasteiger partial charge in [-0.3, -0.25) is 0 Å². The van der Waals surface area contributed by atoms with Gasteiger partial charge in [0.2, 0.25) is 0 Å². The number of rotatable bonds is 2. The molecule has 0 saturated carbocycles. The Morgan fingerprint density at radius 3 is 2.88 bits per heavy atom. The van der Waals surface area contributed by atoms with E-state index < -0.39 is 11.8 Å². The van der Waals surface area contributed by atoms with Gasteiger partial charge in [-0.2, -0.15) is 0 Å². The molecule has 1 aromatic heterocycles. The molecule has 0 unspecified atom stereocenters. The lowest BCUT2D eigenvalue weighted by Crippen LogP contribution is -2.09. The molecule has 0 amide bonds. The number of carbonyl (C=O) groups is 1. The van der Waals surface area contributed by atoms with E-state index in [0.29, 0.717) is 16.6 Å². The van der Waals surface area contributed by atoms with Crippen LogP contribution in [0.3, 0.4) is 0 Å². The number of aromatic nitrogens is 1. The van der Waals surface area contributed by atoms with Gasteiger partial charge >= 0.3 is 5.97 Å². The van der Waals surface area contributed by atoms with Crippen molar-refractivity contribution < 1.29 is 13.9 Å². The molecule has 0 saturated heterocycles. The fraction of sp³-hybridized carbons (Fsp3) is 0.250. The average molecular weight is 256 g/mol. The molecule has 1 heterocycles. The number of nitrogens with zero attached hydrogens (tertiary/aromatic N) is 1. The van der Waals surface area contributed by atoms with Crippen molar-refractivity contribution in [2.45, 2.75) is 6.92 Å². The topological polar surface area (TPSA) is 31.2 Å². The number of fused-ring (bicyclic) bond motifs is 1. The van der Waals surface area contributed by atoms with Gasteiger partial charge in [-0.15, -0.1) is 0 Å². The van der Waals surface area contributed by atoms with Crippen molar-refractivity contribution in [1.29, 1.82) is 0 Å². The minimum absolute atomic E-state index is 0.0403. The molecule has 0 aliphatic carbocycles. The molecule has 0 fully saturated rings. The summed E-state index contributed by atoms with van der Waals surface area (Å²) in [5, 5.41) is 0.363. The van der Waals surface area contributed by atoms with E-state index in [1.807, 2.05) is 0 Å². The number of ether oxygens (including phenoxy) is 1. The van der Waals surface area contributed by atoms with E-state index in [1.54, 1.807) is 24.6 Å². The first kappa shape index (κ1) is 11.9. The maximum absolute atomic E-state index is 13.7. The third kappa shape index (κ3) is 1.89. The first-order chi connectivity index (χ1) is 8.06. The molecule has 2 aromatic rings. The Morgan fingerprint density at radius 1 is 1.53 bits per heavy atom. The zero-order chi connectivity index (χ0) is 12.6.